The average Bonchev–Trinajstić information content (AvgIpc) is 2.53. The fraction of sp³-hybridized carbons (Fsp3) is 0.611. The predicted octanol–water partition coefficient (Wildman–Crippen LogP) is 3.71. The van der Waals surface area contributed by atoms with Crippen LogP contribution in [0.25, 0.3) is 0 Å². The van der Waals surface area contributed by atoms with Gasteiger partial charge in [0.1, 0.15) is 5.54 Å². The van der Waals surface area contributed by atoms with E-state index in [2.05, 4.69) is 29.8 Å². The third kappa shape index (κ3) is 5.45. The highest BCUT2D eigenvalue weighted by atomic mass is 79.9. The van der Waals surface area contributed by atoms with E-state index in [1.165, 1.54) is 0 Å². The first-order valence-corrected chi connectivity index (χ1v) is 9.06. The first-order valence-electron chi connectivity index (χ1n) is 8.26. The Morgan fingerprint density at radius 2 is 1.88 bits per heavy atom. The lowest BCUT2D eigenvalue weighted by molar-refractivity contribution is -0.139. The zero-order chi connectivity index (χ0) is 17.0. The quantitative estimate of drug-likeness (QED) is 0.791. The smallest absolute Gasteiger partial charge is 0.246 e. The molecule has 4 nitrogen and oxygen atoms in total. The van der Waals surface area contributed by atoms with Crippen molar-refractivity contribution >= 4 is 34.2 Å². The summed E-state index contributed by atoms with van der Waals surface area (Å²) in [6.45, 7) is 8.30. The number of nitrogens with zero attached hydrogens (tertiary/aromatic N) is 1. The Morgan fingerprint density at radius 1 is 1.33 bits per heavy atom. The van der Waals surface area contributed by atoms with Crippen LogP contribution in [-0.4, -0.2) is 36.6 Å². The van der Waals surface area contributed by atoms with Gasteiger partial charge in [-0.3, -0.25) is 4.79 Å². The first-order chi connectivity index (χ1) is 10.8. The van der Waals surface area contributed by atoms with Crippen molar-refractivity contribution in [2.45, 2.75) is 45.3 Å². The van der Waals surface area contributed by atoms with E-state index < -0.39 is 5.54 Å². The average molecular weight is 420 g/mol. The molecule has 6 heteroatoms. The number of hydrogen-bond acceptors (Lipinski definition) is 3. The third-order valence-corrected chi connectivity index (χ3v) is 4.81. The van der Waals surface area contributed by atoms with Crippen LogP contribution in [0.3, 0.4) is 0 Å². The topological polar surface area (TPSA) is 55.6 Å². The molecule has 1 aromatic carbocycles. The minimum absolute atomic E-state index is 0. The number of ether oxygens (including phenoxy) is 1. The lowest BCUT2D eigenvalue weighted by Gasteiger charge is -2.37. The van der Waals surface area contributed by atoms with Crippen molar-refractivity contribution in [2.24, 2.45) is 11.7 Å². The van der Waals surface area contributed by atoms with E-state index in [1.54, 1.807) is 6.92 Å². The number of benzene rings is 1. The maximum absolute atomic E-state index is 12.8. The van der Waals surface area contributed by atoms with Gasteiger partial charge in [0.05, 0.1) is 6.10 Å². The summed E-state index contributed by atoms with van der Waals surface area (Å²) in [4.78, 5) is 14.7. The maximum atomic E-state index is 12.8. The molecule has 136 valence electrons. The fourth-order valence-corrected chi connectivity index (χ4v) is 3.07. The molecule has 1 unspecified atom stereocenters. The van der Waals surface area contributed by atoms with Crippen molar-refractivity contribution in [1.82, 2.24) is 4.90 Å². The molecule has 1 amide bonds. The number of carbonyl (C=O) groups is 1. The predicted molar refractivity (Wildman–Crippen MR) is 103 cm³/mol. The Balaban J connectivity index is 0.00000288. The molecule has 0 saturated carbocycles. The van der Waals surface area contributed by atoms with Crippen LogP contribution in [0.5, 0.6) is 0 Å². The molecule has 2 rings (SSSR count). The van der Waals surface area contributed by atoms with Crippen LogP contribution < -0.4 is 5.73 Å². The Hall–Kier alpha value is -0.620. The molecule has 0 aliphatic carbocycles. The SMILES string of the molecule is CC(C)COC1CCN(C(=O)C(C)(N)c2ccc(Br)cc2)CC1.Cl. The molecule has 1 saturated heterocycles. The highest BCUT2D eigenvalue weighted by Crippen LogP contribution is 2.25. The normalized spacial score (nSPS) is 18.2. The van der Waals surface area contributed by atoms with Gasteiger partial charge < -0.3 is 15.4 Å². The van der Waals surface area contributed by atoms with Gasteiger partial charge in [-0.15, -0.1) is 12.4 Å². The first kappa shape index (κ1) is 21.4. The van der Waals surface area contributed by atoms with Gasteiger partial charge in [0.25, 0.3) is 0 Å². The molecule has 1 aliphatic rings. The molecule has 2 N–H and O–H groups in total. The monoisotopic (exact) mass is 418 g/mol. The summed E-state index contributed by atoms with van der Waals surface area (Å²) < 4.78 is 6.86. The van der Waals surface area contributed by atoms with Crippen LogP contribution >= 0.6 is 28.3 Å². The number of rotatable bonds is 5. The van der Waals surface area contributed by atoms with E-state index in [0.717, 1.165) is 29.5 Å². The number of likely N-dealkylation sites (tertiary alicyclic amines) is 1. The van der Waals surface area contributed by atoms with Crippen molar-refractivity contribution in [3.63, 3.8) is 0 Å². The molecule has 1 fully saturated rings. The molecule has 1 aromatic rings. The van der Waals surface area contributed by atoms with Gasteiger partial charge in [-0.05, 0) is 43.4 Å². The summed E-state index contributed by atoms with van der Waals surface area (Å²) in [6.07, 6.45) is 2.03. The highest BCUT2D eigenvalue weighted by molar-refractivity contribution is 9.10. The molecule has 1 atom stereocenters. The number of halogens is 2. The molecular formula is C18H28BrClN2O2. The van der Waals surface area contributed by atoms with Crippen LogP contribution in [0, 0.1) is 5.92 Å². The van der Waals surface area contributed by atoms with Gasteiger partial charge in [-0.25, -0.2) is 0 Å². The van der Waals surface area contributed by atoms with Gasteiger partial charge in [0.15, 0.2) is 0 Å². The second-order valence-electron chi connectivity index (χ2n) is 6.93. The van der Waals surface area contributed by atoms with Crippen LogP contribution in [0.1, 0.15) is 39.2 Å². The van der Waals surface area contributed by atoms with Crippen molar-refractivity contribution in [3.05, 3.63) is 34.3 Å². The van der Waals surface area contributed by atoms with Gasteiger partial charge >= 0.3 is 0 Å². The summed E-state index contributed by atoms with van der Waals surface area (Å²) in [5.74, 6) is 0.529. The van der Waals surface area contributed by atoms with Crippen molar-refractivity contribution in [3.8, 4) is 0 Å². The van der Waals surface area contributed by atoms with E-state index in [-0.39, 0.29) is 24.4 Å². The number of piperidine rings is 1. The van der Waals surface area contributed by atoms with E-state index in [0.29, 0.717) is 19.0 Å². The van der Waals surface area contributed by atoms with Crippen LogP contribution in [0.2, 0.25) is 0 Å². The molecule has 0 spiro atoms. The summed E-state index contributed by atoms with van der Waals surface area (Å²) in [7, 11) is 0. The molecule has 1 aliphatic heterocycles. The van der Waals surface area contributed by atoms with Crippen LogP contribution in [0.15, 0.2) is 28.7 Å². The van der Waals surface area contributed by atoms with Crippen molar-refractivity contribution < 1.29 is 9.53 Å². The number of amides is 1. The van der Waals surface area contributed by atoms with E-state index in [4.69, 9.17) is 10.5 Å². The number of hydrogen-bond donors (Lipinski definition) is 1. The van der Waals surface area contributed by atoms with Gasteiger partial charge in [0, 0.05) is 24.2 Å². The van der Waals surface area contributed by atoms with Gasteiger partial charge in [-0.2, -0.15) is 0 Å². The Morgan fingerprint density at radius 3 is 2.38 bits per heavy atom. The molecule has 1 heterocycles. The molecule has 24 heavy (non-hydrogen) atoms. The van der Waals surface area contributed by atoms with Crippen LogP contribution in [-0.2, 0) is 15.1 Å². The minimum Gasteiger partial charge on any atom is -0.378 e. The Labute approximate surface area is 159 Å². The molecule has 0 radical (unpaired) electrons. The zero-order valence-electron chi connectivity index (χ0n) is 14.6. The minimum atomic E-state index is -0.994. The fourth-order valence-electron chi connectivity index (χ4n) is 2.80. The molecule has 0 bridgehead atoms. The van der Waals surface area contributed by atoms with Gasteiger partial charge in [-0.1, -0.05) is 41.9 Å². The lowest BCUT2D eigenvalue weighted by atomic mass is 9.90. The van der Waals surface area contributed by atoms with E-state index in [1.807, 2.05) is 29.2 Å². The van der Waals surface area contributed by atoms with Crippen molar-refractivity contribution in [1.29, 1.82) is 0 Å². The third-order valence-electron chi connectivity index (χ3n) is 4.28. The van der Waals surface area contributed by atoms with Gasteiger partial charge in [0.2, 0.25) is 5.91 Å². The van der Waals surface area contributed by atoms with Crippen LogP contribution in [0.4, 0.5) is 0 Å². The van der Waals surface area contributed by atoms with E-state index >= 15 is 0 Å². The number of carbonyl (C=O) groups excluding carboxylic acids is 1. The number of nitrogens with two attached hydrogens (primary N) is 1. The summed E-state index contributed by atoms with van der Waals surface area (Å²) >= 11 is 3.41. The highest BCUT2D eigenvalue weighted by Gasteiger charge is 2.36. The second-order valence-corrected chi connectivity index (χ2v) is 7.84. The maximum Gasteiger partial charge on any atom is 0.246 e. The molecular weight excluding hydrogens is 392 g/mol. The van der Waals surface area contributed by atoms with E-state index in [9.17, 15) is 4.79 Å². The Bertz CT molecular complexity index is 526. The largest absolute Gasteiger partial charge is 0.378 e. The zero-order valence-corrected chi connectivity index (χ0v) is 17.0. The van der Waals surface area contributed by atoms with Crippen molar-refractivity contribution in [2.75, 3.05) is 19.7 Å². The summed E-state index contributed by atoms with van der Waals surface area (Å²) in [6, 6.07) is 7.64. The summed E-state index contributed by atoms with van der Waals surface area (Å²) in [5.41, 5.74) is 6.20. The second kappa shape index (κ2) is 9.18. The summed E-state index contributed by atoms with van der Waals surface area (Å²) in [5, 5.41) is 0. The Kier molecular flexibility index (Phi) is 8.20. The lowest BCUT2D eigenvalue weighted by Crippen LogP contribution is -2.53. The molecule has 0 aromatic heterocycles. The standard InChI is InChI=1S/C18H27BrN2O2.ClH/c1-13(2)12-23-16-8-10-21(11-9-16)17(22)18(3,20)14-4-6-15(19)7-5-14;/h4-7,13,16H,8-12,20H2,1-3H3;1H.